The van der Waals surface area contributed by atoms with E-state index in [1.807, 2.05) is 20.8 Å². The van der Waals surface area contributed by atoms with Crippen LogP contribution in [0.2, 0.25) is 0 Å². The smallest absolute Gasteiger partial charge is 0.239 e. The van der Waals surface area contributed by atoms with Gasteiger partial charge in [0.15, 0.2) is 0 Å². The third-order valence-corrected chi connectivity index (χ3v) is 2.00. The van der Waals surface area contributed by atoms with Crippen LogP contribution in [0.4, 0.5) is 0 Å². The number of carbonyl (C=O) groups is 2. The summed E-state index contributed by atoms with van der Waals surface area (Å²) in [4.78, 5) is 22.6. The molecule has 5 nitrogen and oxygen atoms in total. The number of amides is 2. The summed E-state index contributed by atoms with van der Waals surface area (Å²) in [5, 5.41) is 5.24. The lowest BCUT2D eigenvalue weighted by atomic mass is 10.1. The molecule has 0 aromatic carbocycles. The van der Waals surface area contributed by atoms with Crippen molar-refractivity contribution in [3.8, 4) is 0 Å². The van der Waals surface area contributed by atoms with Crippen LogP contribution in [0.3, 0.4) is 0 Å². The van der Waals surface area contributed by atoms with Gasteiger partial charge in [0.1, 0.15) is 0 Å². The van der Waals surface area contributed by atoms with Gasteiger partial charge in [-0.1, -0.05) is 13.3 Å². The molecule has 0 aliphatic heterocycles. The molecule has 0 radical (unpaired) electrons. The van der Waals surface area contributed by atoms with E-state index in [4.69, 9.17) is 5.73 Å². The van der Waals surface area contributed by atoms with E-state index in [9.17, 15) is 9.59 Å². The van der Waals surface area contributed by atoms with Crippen LogP contribution in [0.5, 0.6) is 0 Å². The molecule has 1 unspecified atom stereocenters. The zero-order valence-corrected chi connectivity index (χ0v) is 10.4. The maximum atomic E-state index is 11.3. The molecule has 0 spiro atoms. The molecule has 94 valence electrons. The standard InChI is InChI=1S/C11H23N3O2/c1-4-5-9(12)6-10(15)13-7-11(16)14-8(2)3/h8-9H,4-7,12H2,1-3H3,(H,13,15)(H,14,16). The summed E-state index contributed by atoms with van der Waals surface area (Å²) in [5.41, 5.74) is 5.71. The zero-order valence-electron chi connectivity index (χ0n) is 10.4. The van der Waals surface area contributed by atoms with E-state index in [0.29, 0.717) is 0 Å². The van der Waals surface area contributed by atoms with E-state index in [2.05, 4.69) is 10.6 Å². The van der Waals surface area contributed by atoms with Gasteiger partial charge in [-0.25, -0.2) is 0 Å². The first-order valence-corrected chi connectivity index (χ1v) is 5.77. The van der Waals surface area contributed by atoms with Gasteiger partial charge in [-0.2, -0.15) is 0 Å². The average Bonchev–Trinajstić information content (AvgIpc) is 2.14. The number of rotatable bonds is 7. The summed E-state index contributed by atoms with van der Waals surface area (Å²) in [6.45, 7) is 5.79. The van der Waals surface area contributed by atoms with Gasteiger partial charge in [0.25, 0.3) is 0 Å². The fourth-order valence-electron chi connectivity index (χ4n) is 1.34. The Bertz CT molecular complexity index is 229. The van der Waals surface area contributed by atoms with Gasteiger partial charge >= 0.3 is 0 Å². The van der Waals surface area contributed by atoms with E-state index in [1.54, 1.807) is 0 Å². The summed E-state index contributed by atoms with van der Waals surface area (Å²) in [6.07, 6.45) is 2.07. The predicted molar refractivity (Wildman–Crippen MR) is 63.8 cm³/mol. The fraction of sp³-hybridized carbons (Fsp3) is 0.818. The van der Waals surface area contributed by atoms with Gasteiger partial charge < -0.3 is 16.4 Å². The minimum atomic E-state index is -0.174. The Morgan fingerprint density at radius 2 is 1.88 bits per heavy atom. The van der Waals surface area contributed by atoms with Gasteiger partial charge in [-0.3, -0.25) is 9.59 Å². The Hall–Kier alpha value is -1.10. The SMILES string of the molecule is CCCC(N)CC(=O)NCC(=O)NC(C)C. The first-order valence-electron chi connectivity index (χ1n) is 5.77. The van der Waals surface area contributed by atoms with Crippen LogP contribution in [0.1, 0.15) is 40.0 Å². The Morgan fingerprint density at radius 3 is 2.38 bits per heavy atom. The van der Waals surface area contributed by atoms with Crippen molar-refractivity contribution in [2.24, 2.45) is 5.73 Å². The van der Waals surface area contributed by atoms with Crippen LogP contribution in [-0.2, 0) is 9.59 Å². The van der Waals surface area contributed by atoms with Crippen molar-refractivity contribution >= 4 is 11.8 Å². The third-order valence-electron chi connectivity index (χ3n) is 2.00. The van der Waals surface area contributed by atoms with Gasteiger partial charge in [0, 0.05) is 18.5 Å². The quantitative estimate of drug-likeness (QED) is 0.581. The van der Waals surface area contributed by atoms with Crippen LogP contribution < -0.4 is 16.4 Å². The fourth-order valence-corrected chi connectivity index (χ4v) is 1.34. The molecule has 0 rings (SSSR count). The molecule has 4 N–H and O–H groups in total. The number of nitrogens with one attached hydrogen (secondary N) is 2. The largest absolute Gasteiger partial charge is 0.352 e. The molecule has 0 aliphatic rings. The van der Waals surface area contributed by atoms with Crippen LogP contribution in [0.25, 0.3) is 0 Å². The van der Waals surface area contributed by atoms with Gasteiger partial charge in [-0.05, 0) is 20.3 Å². The van der Waals surface area contributed by atoms with Crippen molar-refractivity contribution in [3.05, 3.63) is 0 Å². The molecule has 0 aromatic rings. The highest BCUT2D eigenvalue weighted by Gasteiger charge is 2.10. The number of hydrogen-bond acceptors (Lipinski definition) is 3. The molecule has 0 aliphatic carbocycles. The van der Waals surface area contributed by atoms with E-state index < -0.39 is 0 Å². The van der Waals surface area contributed by atoms with Gasteiger partial charge in [0.2, 0.25) is 11.8 Å². The highest BCUT2D eigenvalue weighted by molar-refractivity contribution is 5.84. The Morgan fingerprint density at radius 1 is 1.25 bits per heavy atom. The van der Waals surface area contributed by atoms with Crippen LogP contribution in [-0.4, -0.2) is 30.4 Å². The molecule has 16 heavy (non-hydrogen) atoms. The predicted octanol–water partition coefficient (Wildman–Crippen LogP) is 0.145. The summed E-state index contributed by atoms with van der Waals surface area (Å²) < 4.78 is 0. The van der Waals surface area contributed by atoms with E-state index in [0.717, 1.165) is 12.8 Å². The Kier molecular flexibility index (Phi) is 7.54. The van der Waals surface area contributed by atoms with Crippen LogP contribution in [0.15, 0.2) is 0 Å². The molecule has 0 saturated carbocycles. The Labute approximate surface area is 97.2 Å². The van der Waals surface area contributed by atoms with Crippen LogP contribution in [0, 0.1) is 0 Å². The lowest BCUT2D eigenvalue weighted by Crippen LogP contribution is -2.41. The number of carbonyl (C=O) groups excluding carboxylic acids is 2. The van der Waals surface area contributed by atoms with Crippen molar-refractivity contribution in [1.29, 1.82) is 0 Å². The van der Waals surface area contributed by atoms with Gasteiger partial charge in [-0.15, -0.1) is 0 Å². The van der Waals surface area contributed by atoms with Gasteiger partial charge in [0.05, 0.1) is 6.54 Å². The second-order valence-electron chi connectivity index (χ2n) is 4.25. The van der Waals surface area contributed by atoms with E-state index in [-0.39, 0.29) is 36.9 Å². The summed E-state index contributed by atoms with van der Waals surface area (Å²) in [6, 6.07) is -0.0232. The van der Waals surface area contributed by atoms with Crippen molar-refractivity contribution < 1.29 is 9.59 Å². The second-order valence-corrected chi connectivity index (χ2v) is 4.25. The minimum Gasteiger partial charge on any atom is -0.352 e. The Balaban J connectivity index is 3.68. The van der Waals surface area contributed by atoms with Crippen LogP contribution >= 0.6 is 0 Å². The summed E-state index contributed by atoms with van der Waals surface area (Å²) in [7, 11) is 0. The first-order chi connectivity index (χ1) is 7.45. The van der Waals surface area contributed by atoms with E-state index >= 15 is 0 Å². The maximum absolute atomic E-state index is 11.3. The monoisotopic (exact) mass is 229 g/mol. The van der Waals surface area contributed by atoms with Crippen molar-refractivity contribution in [2.45, 2.75) is 52.1 Å². The lowest BCUT2D eigenvalue weighted by molar-refractivity contribution is -0.126. The topological polar surface area (TPSA) is 84.2 Å². The molecule has 0 heterocycles. The number of hydrogen-bond donors (Lipinski definition) is 3. The van der Waals surface area contributed by atoms with Crippen molar-refractivity contribution in [2.75, 3.05) is 6.54 Å². The highest BCUT2D eigenvalue weighted by Crippen LogP contribution is 1.97. The van der Waals surface area contributed by atoms with Crippen molar-refractivity contribution in [3.63, 3.8) is 0 Å². The highest BCUT2D eigenvalue weighted by atomic mass is 16.2. The average molecular weight is 229 g/mol. The molecule has 0 bridgehead atoms. The molecule has 5 heteroatoms. The lowest BCUT2D eigenvalue weighted by Gasteiger charge is -2.11. The number of nitrogens with two attached hydrogens (primary N) is 1. The normalized spacial score (nSPS) is 12.3. The minimum absolute atomic E-state index is 0.0237. The summed E-state index contributed by atoms with van der Waals surface area (Å²) >= 11 is 0. The maximum Gasteiger partial charge on any atom is 0.239 e. The summed E-state index contributed by atoms with van der Waals surface area (Å²) in [5.74, 6) is -0.340. The molecule has 0 aromatic heterocycles. The molecule has 0 saturated heterocycles. The third kappa shape index (κ3) is 8.23. The molecule has 0 fully saturated rings. The zero-order chi connectivity index (χ0) is 12.6. The van der Waals surface area contributed by atoms with E-state index in [1.165, 1.54) is 0 Å². The molecule has 2 amide bonds. The first kappa shape index (κ1) is 14.9. The molecular formula is C11H23N3O2. The molecular weight excluding hydrogens is 206 g/mol. The second kappa shape index (κ2) is 8.10. The molecule has 1 atom stereocenters. The van der Waals surface area contributed by atoms with Crippen molar-refractivity contribution in [1.82, 2.24) is 10.6 Å².